The quantitative estimate of drug-likeness (QED) is 0.172. The molecule has 1 aromatic carbocycles. The number of pyridine rings is 1. The molecule has 13 heteroatoms. The Balaban J connectivity index is 1.80. The fraction of sp³-hybridized carbons (Fsp3) is 0.600. The van der Waals surface area contributed by atoms with E-state index in [1.165, 1.54) is 16.7 Å². The molecular weight excluding hydrogens is 653 g/mol. The molecule has 264 valence electrons. The summed E-state index contributed by atoms with van der Waals surface area (Å²) in [7, 11) is -2.00. The van der Waals surface area contributed by atoms with Gasteiger partial charge in [-0.2, -0.15) is 4.98 Å². The predicted octanol–water partition coefficient (Wildman–Crippen LogP) is 7.93. The van der Waals surface area contributed by atoms with Gasteiger partial charge in [0, 0.05) is 42.8 Å². The first kappa shape index (κ1) is 37.6. The first-order valence-corrected chi connectivity index (χ1v) is 19.9. The highest BCUT2D eigenvalue weighted by Crippen LogP contribution is 2.38. The van der Waals surface area contributed by atoms with Crippen LogP contribution in [0.15, 0.2) is 29.2 Å². The van der Waals surface area contributed by atoms with Gasteiger partial charge in [-0.25, -0.2) is 14.0 Å². The van der Waals surface area contributed by atoms with E-state index < -0.39 is 31.5 Å². The zero-order valence-corrected chi connectivity index (χ0v) is 32.2. The largest absolute Gasteiger partial charge is 0.489 e. The van der Waals surface area contributed by atoms with Gasteiger partial charge in [0.2, 0.25) is 0 Å². The van der Waals surface area contributed by atoms with Crippen LogP contribution in [-0.4, -0.2) is 77.8 Å². The maximum Gasteiger partial charge on any atom is 0.410 e. The van der Waals surface area contributed by atoms with Crippen LogP contribution in [0.2, 0.25) is 23.2 Å². The second-order valence-corrected chi connectivity index (χ2v) is 20.7. The molecule has 1 fully saturated rings. The molecule has 1 aliphatic rings. The van der Waals surface area contributed by atoms with Gasteiger partial charge < -0.3 is 23.7 Å². The third kappa shape index (κ3) is 7.97. The minimum absolute atomic E-state index is 0.0471. The van der Waals surface area contributed by atoms with Crippen LogP contribution in [0, 0.1) is 5.82 Å². The zero-order valence-electron chi connectivity index (χ0n) is 30.4. The van der Waals surface area contributed by atoms with E-state index in [1.54, 1.807) is 17.2 Å². The molecule has 10 nitrogen and oxygen atoms in total. The number of anilines is 1. The molecule has 0 radical (unpaired) electrons. The van der Waals surface area contributed by atoms with Gasteiger partial charge in [0.1, 0.15) is 35.3 Å². The molecule has 1 aliphatic heterocycles. The van der Waals surface area contributed by atoms with Crippen molar-refractivity contribution < 1.29 is 23.1 Å². The standard InChI is InChI=1S/C35H51ClFN5O5Si/c1-21(2)29-30(28(13-14-38-29)45-15-16-46-48(11,12)35(8,9)10)42-27-18-25(36)26(37)17-24(27)31(39-32(42)43)40-19-23(4)41(20-22(40)3)33(44)47-34(5,6)7/h13-14,17-18,21-23H,15-16,19-20H2,1-12H3/t22?,23-/m0/s1. The Morgan fingerprint density at radius 3 is 2.35 bits per heavy atom. The molecule has 3 aromatic rings. The average molecular weight is 704 g/mol. The highest BCUT2D eigenvalue weighted by Gasteiger charge is 2.38. The van der Waals surface area contributed by atoms with Crippen LogP contribution >= 0.6 is 11.6 Å². The number of fused-ring (bicyclic) bond motifs is 1. The maximum absolute atomic E-state index is 15.2. The molecule has 3 heterocycles. The Labute approximate surface area is 289 Å². The number of piperazine rings is 1. The van der Waals surface area contributed by atoms with E-state index in [4.69, 9.17) is 25.5 Å². The summed E-state index contributed by atoms with van der Waals surface area (Å²) in [5.41, 5.74) is 0.171. The summed E-state index contributed by atoms with van der Waals surface area (Å²) in [5, 5.41) is 0.308. The number of aromatic nitrogens is 3. The number of benzene rings is 1. The van der Waals surface area contributed by atoms with E-state index in [-0.39, 0.29) is 34.7 Å². The third-order valence-electron chi connectivity index (χ3n) is 9.10. The molecular formula is C35H51ClFN5O5Si. The van der Waals surface area contributed by atoms with Crippen molar-refractivity contribution in [3.63, 3.8) is 0 Å². The van der Waals surface area contributed by atoms with Crippen molar-refractivity contribution in [1.82, 2.24) is 19.4 Å². The molecule has 1 unspecified atom stereocenters. The molecule has 4 rings (SSSR count). The Morgan fingerprint density at radius 2 is 1.75 bits per heavy atom. The Morgan fingerprint density at radius 1 is 1.08 bits per heavy atom. The summed E-state index contributed by atoms with van der Waals surface area (Å²) >= 11 is 6.38. The maximum atomic E-state index is 15.2. The number of rotatable bonds is 8. The normalized spacial score (nSPS) is 17.7. The highest BCUT2D eigenvalue weighted by molar-refractivity contribution is 6.74. The smallest absolute Gasteiger partial charge is 0.410 e. The Kier molecular flexibility index (Phi) is 10.9. The van der Waals surface area contributed by atoms with Gasteiger partial charge >= 0.3 is 11.8 Å². The van der Waals surface area contributed by atoms with Crippen LogP contribution < -0.4 is 15.3 Å². The number of nitrogens with zero attached hydrogens (tertiary/aromatic N) is 5. The van der Waals surface area contributed by atoms with Crippen molar-refractivity contribution in [3.8, 4) is 11.4 Å². The minimum atomic E-state index is -2.00. The van der Waals surface area contributed by atoms with Gasteiger partial charge in [0.05, 0.1) is 22.8 Å². The molecule has 0 bridgehead atoms. The van der Waals surface area contributed by atoms with Crippen LogP contribution in [0.1, 0.15) is 80.8 Å². The van der Waals surface area contributed by atoms with Crippen molar-refractivity contribution in [1.29, 1.82) is 0 Å². The van der Waals surface area contributed by atoms with Gasteiger partial charge in [-0.05, 0) is 70.8 Å². The lowest BCUT2D eigenvalue weighted by Gasteiger charge is -2.45. The second kappa shape index (κ2) is 14.0. The summed E-state index contributed by atoms with van der Waals surface area (Å²) in [4.78, 5) is 40.0. The number of ether oxygens (including phenoxy) is 2. The summed E-state index contributed by atoms with van der Waals surface area (Å²) < 4.78 is 34.9. The zero-order chi connectivity index (χ0) is 35.9. The first-order valence-electron chi connectivity index (χ1n) is 16.6. The van der Waals surface area contributed by atoms with Crippen LogP contribution in [0.4, 0.5) is 15.0 Å². The van der Waals surface area contributed by atoms with Crippen molar-refractivity contribution >= 4 is 42.7 Å². The van der Waals surface area contributed by atoms with Crippen LogP contribution in [-0.2, 0) is 9.16 Å². The molecule has 1 amide bonds. The van der Waals surface area contributed by atoms with E-state index in [9.17, 15) is 9.59 Å². The number of amides is 1. The lowest BCUT2D eigenvalue weighted by molar-refractivity contribution is 0.0130. The number of hydrogen-bond donors (Lipinski definition) is 0. The van der Waals surface area contributed by atoms with Crippen molar-refractivity contribution in [2.75, 3.05) is 31.2 Å². The van der Waals surface area contributed by atoms with Gasteiger partial charge in [0.25, 0.3) is 0 Å². The highest BCUT2D eigenvalue weighted by atomic mass is 35.5. The van der Waals surface area contributed by atoms with Crippen LogP contribution in [0.25, 0.3) is 16.6 Å². The summed E-state index contributed by atoms with van der Waals surface area (Å²) in [5.74, 6) is 0.00976. The minimum Gasteiger partial charge on any atom is -0.489 e. The molecule has 2 atom stereocenters. The molecule has 0 aliphatic carbocycles. The van der Waals surface area contributed by atoms with E-state index in [1.807, 2.05) is 53.4 Å². The predicted molar refractivity (Wildman–Crippen MR) is 192 cm³/mol. The van der Waals surface area contributed by atoms with Crippen molar-refractivity contribution in [2.24, 2.45) is 0 Å². The Bertz CT molecular complexity index is 1720. The van der Waals surface area contributed by atoms with Gasteiger partial charge in [-0.15, -0.1) is 0 Å². The molecule has 1 saturated heterocycles. The van der Waals surface area contributed by atoms with Gasteiger partial charge in [0.15, 0.2) is 8.32 Å². The second-order valence-electron chi connectivity index (χ2n) is 15.5. The topological polar surface area (TPSA) is 99.0 Å². The number of carbonyl (C=O) groups is 1. The van der Waals surface area contributed by atoms with E-state index in [0.717, 1.165) is 0 Å². The third-order valence-corrected chi connectivity index (χ3v) is 13.9. The van der Waals surface area contributed by atoms with Gasteiger partial charge in [-0.1, -0.05) is 46.2 Å². The lowest BCUT2D eigenvalue weighted by atomic mass is 10.1. The number of halogens is 2. The SMILES string of the molecule is CC(C)c1nccc(OCCO[Si](C)(C)C(C)(C)C)c1-n1c(=O)nc(N2C[C@H](C)N(C(=O)OC(C)(C)C)CC2C)c2cc(F)c(Cl)cc21. The van der Waals surface area contributed by atoms with E-state index >= 15 is 4.39 Å². The fourth-order valence-electron chi connectivity index (χ4n) is 5.52. The molecule has 0 saturated carbocycles. The summed E-state index contributed by atoms with van der Waals surface area (Å²) in [6.07, 6.45) is 1.24. The molecule has 2 aromatic heterocycles. The summed E-state index contributed by atoms with van der Waals surface area (Å²) in [6.45, 7) is 25.5. The first-order chi connectivity index (χ1) is 22.1. The van der Waals surface area contributed by atoms with Crippen molar-refractivity contribution in [2.45, 2.75) is 111 Å². The summed E-state index contributed by atoms with van der Waals surface area (Å²) in [6, 6.07) is 3.94. The average Bonchev–Trinajstić information content (AvgIpc) is 2.95. The van der Waals surface area contributed by atoms with E-state index in [2.05, 4.69) is 43.8 Å². The fourth-order valence-corrected chi connectivity index (χ4v) is 6.70. The molecule has 48 heavy (non-hydrogen) atoms. The van der Waals surface area contributed by atoms with Crippen molar-refractivity contribution in [3.05, 3.63) is 51.4 Å². The Hall–Kier alpha value is -3.22. The van der Waals surface area contributed by atoms with Crippen LogP contribution in [0.5, 0.6) is 5.75 Å². The number of hydrogen-bond acceptors (Lipinski definition) is 8. The monoisotopic (exact) mass is 703 g/mol. The number of carbonyl (C=O) groups excluding carboxylic acids is 1. The lowest BCUT2D eigenvalue weighted by Crippen LogP contribution is -2.59. The van der Waals surface area contributed by atoms with E-state index in [0.29, 0.717) is 53.5 Å². The molecule has 0 spiro atoms. The van der Waals surface area contributed by atoms with Gasteiger partial charge in [-0.3, -0.25) is 9.55 Å². The molecule has 0 N–H and O–H groups in total. The van der Waals surface area contributed by atoms with Crippen LogP contribution in [0.3, 0.4) is 0 Å².